The average molecular weight is 643 g/mol. The van der Waals surface area contributed by atoms with Gasteiger partial charge in [0.1, 0.15) is 0 Å². The molecule has 3 rings (SSSR count). The molecule has 0 saturated heterocycles. The monoisotopic (exact) mass is 643 g/mol. The fourth-order valence-electron chi connectivity index (χ4n) is 8.61. The number of rotatable bonds is 10. The third-order valence-corrected chi connectivity index (χ3v) is 21.4. The molecule has 1 N–H and O–H groups in total. The quantitative estimate of drug-likeness (QED) is 0.190. The Morgan fingerprint density at radius 3 is 2.20 bits per heavy atom. The first-order chi connectivity index (χ1) is 19.9. The lowest BCUT2D eigenvalue weighted by Gasteiger charge is -2.45. The molecule has 0 bridgehead atoms. The van der Waals surface area contributed by atoms with E-state index in [4.69, 9.17) is 11.0 Å². The lowest BCUT2D eigenvalue weighted by atomic mass is 9.60. The Morgan fingerprint density at radius 2 is 1.64 bits per heavy atom. The predicted molar refractivity (Wildman–Crippen MR) is 199 cm³/mol. The van der Waals surface area contributed by atoms with Gasteiger partial charge in [0.25, 0.3) is 0 Å². The molecular weight excluding hydrogens is 569 g/mol. The molecule has 3 aliphatic carbocycles. The van der Waals surface area contributed by atoms with Gasteiger partial charge in [-0.2, -0.15) is 0 Å². The minimum Gasteiger partial charge on any atom is -0.432 e. The summed E-state index contributed by atoms with van der Waals surface area (Å²) in [7, 11) is -4.28. The van der Waals surface area contributed by atoms with Gasteiger partial charge in [-0.3, -0.25) is 0 Å². The van der Waals surface area contributed by atoms with E-state index < -0.39 is 16.6 Å². The third kappa shape index (κ3) is 8.92. The molecule has 3 fully saturated rings. The molecule has 0 amide bonds. The van der Waals surface area contributed by atoms with E-state index in [0.717, 1.165) is 37.0 Å². The number of fused-ring (bicyclic) bond motifs is 1. The Hall–Kier alpha value is -0.426. The first-order valence-electron chi connectivity index (χ1n) is 18.4. The van der Waals surface area contributed by atoms with E-state index in [0.29, 0.717) is 16.7 Å². The van der Waals surface area contributed by atoms with Crippen molar-refractivity contribution in [2.45, 2.75) is 182 Å². The van der Waals surface area contributed by atoms with Gasteiger partial charge in [0.2, 0.25) is 0 Å². The topological polar surface area (TPSA) is 29.5 Å². The molecule has 0 spiro atoms. The van der Waals surface area contributed by atoms with Crippen molar-refractivity contribution in [2.75, 3.05) is 0 Å². The fraction of sp³-hybridized carbons (Fsp3) is 0.850. The van der Waals surface area contributed by atoms with E-state index in [1.54, 1.807) is 5.57 Å². The van der Waals surface area contributed by atoms with Gasteiger partial charge in [-0.1, -0.05) is 112 Å². The molecular formula is C40H74O2Si2. The van der Waals surface area contributed by atoms with Gasteiger partial charge in [-0.05, 0) is 134 Å². The van der Waals surface area contributed by atoms with Crippen LogP contribution in [0.4, 0.5) is 0 Å². The average Bonchev–Trinajstić information content (AvgIpc) is 3.20. The first-order valence-corrected chi connectivity index (χ1v) is 24.2. The summed E-state index contributed by atoms with van der Waals surface area (Å²) >= 11 is 0. The summed E-state index contributed by atoms with van der Waals surface area (Å²) in [5, 5.41) is 0.0947. The minimum atomic E-state index is -2.33. The SMILES string of the molecule is C=C1[C@H](CC(C)(C)[Si](C)(C)O)C/C(=C\C=C2/CCC[C@]3(C)[C@@H]([C@@H](C)CCCC(C)(C)C)CC[C@@H]23)C[C@H]1O[Si](C)(C)C(C)(C)C. The summed E-state index contributed by atoms with van der Waals surface area (Å²) in [4.78, 5) is 11.2. The lowest BCUT2D eigenvalue weighted by Crippen LogP contribution is -2.46. The summed E-state index contributed by atoms with van der Waals surface area (Å²) in [6.07, 6.45) is 19.1. The van der Waals surface area contributed by atoms with E-state index in [2.05, 4.69) is 108 Å². The van der Waals surface area contributed by atoms with Crippen LogP contribution in [0.1, 0.15) is 140 Å². The fourth-order valence-corrected chi connectivity index (χ4v) is 10.7. The van der Waals surface area contributed by atoms with Crippen molar-refractivity contribution in [1.29, 1.82) is 0 Å². The zero-order valence-electron chi connectivity index (χ0n) is 31.9. The minimum absolute atomic E-state index is 0.0728. The lowest BCUT2D eigenvalue weighted by molar-refractivity contribution is 0.0920. The smallest absolute Gasteiger partial charge is 0.192 e. The van der Waals surface area contributed by atoms with Gasteiger partial charge in [0.15, 0.2) is 16.6 Å². The Kier molecular flexibility index (Phi) is 11.7. The second-order valence-electron chi connectivity index (χ2n) is 19.8. The van der Waals surface area contributed by atoms with Gasteiger partial charge in [-0.25, -0.2) is 0 Å². The van der Waals surface area contributed by atoms with Crippen LogP contribution in [0.5, 0.6) is 0 Å². The van der Waals surface area contributed by atoms with E-state index in [1.165, 1.54) is 62.5 Å². The maximum absolute atomic E-state index is 11.2. The van der Waals surface area contributed by atoms with Crippen LogP contribution in [0.15, 0.2) is 35.5 Å². The summed E-state index contributed by atoms with van der Waals surface area (Å²) < 4.78 is 7.11. The first kappa shape index (κ1) is 38.0. The maximum atomic E-state index is 11.2. The molecule has 0 aromatic heterocycles. The van der Waals surface area contributed by atoms with E-state index >= 15 is 0 Å². The van der Waals surface area contributed by atoms with Gasteiger partial charge in [0.05, 0.1) is 6.10 Å². The number of hydrogen-bond donors (Lipinski definition) is 1. The molecule has 254 valence electrons. The van der Waals surface area contributed by atoms with Crippen LogP contribution >= 0.6 is 0 Å². The van der Waals surface area contributed by atoms with Crippen molar-refractivity contribution in [2.24, 2.45) is 34.5 Å². The van der Waals surface area contributed by atoms with Gasteiger partial charge in [-0.15, -0.1) is 0 Å². The van der Waals surface area contributed by atoms with Crippen LogP contribution in [0.25, 0.3) is 0 Å². The zero-order valence-corrected chi connectivity index (χ0v) is 33.9. The van der Waals surface area contributed by atoms with Crippen LogP contribution in [0, 0.1) is 34.5 Å². The normalized spacial score (nSPS) is 31.9. The molecule has 0 aromatic rings. The van der Waals surface area contributed by atoms with Gasteiger partial charge >= 0.3 is 0 Å². The van der Waals surface area contributed by atoms with Crippen molar-refractivity contribution in [3.63, 3.8) is 0 Å². The van der Waals surface area contributed by atoms with Crippen LogP contribution in [0.3, 0.4) is 0 Å². The third-order valence-electron chi connectivity index (χ3n) is 13.4. The van der Waals surface area contributed by atoms with Crippen LogP contribution in [0.2, 0.25) is 36.3 Å². The van der Waals surface area contributed by atoms with E-state index in [-0.39, 0.29) is 16.2 Å². The largest absolute Gasteiger partial charge is 0.432 e. The molecule has 0 unspecified atom stereocenters. The van der Waals surface area contributed by atoms with Gasteiger partial charge < -0.3 is 9.22 Å². The highest BCUT2D eigenvalue weighted by Gasteiger charge is 2.50. The Morgan fingerprint density at radius 1 is 1.00 bits per heavy atom. The van der Waals surface area contributed by atoms with Crippen molar-refractivity contribution in [3.05, 3.63) is 35.5 Å². The summed E-state index contributed by atoms with van der Waals surface area (Å²) in [6, 6.07) is 0. The molecule has 44 heavy (non-hydrogen) atoms. The summed E-state index contributed by atoms with van der Waals surface area (Å²) in [5.41, 5.74) is 5.44. The second kappa shape index (κ2) is 13.6. The molecule has 0 aliphatic heterocycles. The Labute approximate surface area is 277 Å². The molecule has 3 aliphatic rings. The standard InChI is InChI=1S/C40H74O2Si2/c1-29(18-16-24-37(3,4)5)34-22-23-35-32(19-17-25-40(34,35)11)21-20-31-26-33(28-39(9,10)43(12,13)41)30(2)36(27-31)42-44(14,15)38(6,7)8/h20-21,29,33-36,41H,2,16-19,22-28H2,1,3-15H3/b31-20+,32-21+/t29-,33-,34+,35-,36+,40+/m0/s1. The molecule has 0 heterocycles. The number of allylic oxidation sites excluding steroid dienone is 3. The highest BCUT2D eigenvalue weighted by atomic mass is 28.4. The van der Waals surface area contributed by atoms with Crippen molar-refractivity contribution in [3.8, 4) is 0 Å². The number of hydrogen-bond acceptors (Lipinski definition) is 2. The molecule has 2 nitrogen and oxygen atoms in total. The highest BCUT2D eigenvalue weighted by molar-refractivity contribution is 6.74. The summed E-state index contributed by atoms with van der Waals surface area (Å²) in [6.45, 7) is 37.6. The molecule has 0 radical (unpaired) electrons. The molecule has 4 heteroatoms. The Balaban J connectivity index is 1.85. The summed E-state index contributed by atoms with van der Waals surface area (Å²) in [5.74, 6) is 2.79. The van der Waals surface area contributed by atoms with Crippen LogP contribution < -0.4 is 0 Å². The van der Waals surface area contributed by atoms with Crippen molar-refractivity contribution >= 4 is 16.6 Å². The van der Waals surface area contributed by atoms with Crippen molar-refractivity contribution in [1.82, 2.24) is 0 Å². The predicted octanol–water partition coefficient (Wildman–Crippen LogP) is 12.6. The molecule has 0 aromatic carbocycles. The van der Waals surface area contributed by atoms with Crippen molar-refractivity contribution < 1.29 is 9.22 Å². The Bertz CT molecular complexity index is 1020. The molecule has 6 atom stereocenters. The van der Waals surface area contributed by atoms with E-state index in [1.807, 2.05) is 0 Å². The van der Waals surface area contributed by atoms with Crippen LogP contribution in [-0.2, 0) is 4.43 Å². The second-order valence-corrected chi connectivity index (χ2v) is 29.0. The van der Waals surface area contributed by atoms with Gasteiger partial charge in [0, 0.05) is 0 Å². The maximum Gasteiger partial charge on any atom is 0.192 e. The zero-order chi connectivity index (χ0) is 33.5. The highest BCUT2D eigenvalue weighted by Crippen LogP contribution is 2.60. The van der Waals surface area contributed by atoms with Crippen LogP contribution in [-0.4, -0.2) is 27.5 Å². The molecule has 3 saturated carbocycles. The van der Waals surface area contributed by atoms with E-state index in [9.17, 15) is 4.80 Å².